The largest absolute Gasteiger partial charge is 0.288 e. The van der Waals surface area contributed by atoms with Gasteiger partial charge in [0.2, 0.25) is 0 Å². The molecule has 0 amide bonds. The smallest absolute Gasteiger partial charge is 0.265 e. The Kier molecular flexibility index (Phi) is 3.07. The van der Waals surface area contributed by atoms with Crippen molar-refractivity contribution >= 4 is 26.9 Å². The highest BCUT2D eigenvalue weighted by molar-refractivity contribution is 14.1. The highest BCUT2D eigenvalue weighted by Crippen LogP contribution is 2.29. The second kappa shape index (κ2) is 3.91. The molecule has 0 N–H and O–H groups in total. The Balaban J connectivity index is 3.50. The number of rotatable bonds is 2. The molecule has 0 atom stereocenters. The van der Waals surface area contributed by atoms with Crippen molar-refractivity contribution in [2.24, 2.45) is 0 Å². The van der Waals surface area contributed by atoms with E-state index in [1.165, 1.54) is 0 Å². The maximum Gasteiger partial charge on any atom is 0.288 e. The predicted molar refractivity (Wildman–Crippen MR) is 56.0 cm³/mol. The van der Waals surface area contributed by atoms with E-state index in [9.17, 15) is 13.2 Å². The van der Waals surface area contributed by atoms with Gasteiger partial charge in [-0.3, -0.25) is 13.2 Å². The van der Waals surface area contributed by atoms with Crippen molar-refractivity contribution in [3.63, 3.8) is 0 Å². The van der Waals surface area contributed by atoms with E-state index in [-0.39, 0.29) is 5.69 Å². The Morgan fingerprint density at radius 3 is 2.46 bits per heavy atom. The van der Waals surface area contributed by atoms with E-state index in [0.717, 1.165) is 5.56 Å². The Bertz CT molecular complexity index is 376. The van der Waals surface area contributed by atoms with Crippen molar-refractivity contribution in [2.45, 2.75) is 13.8 Å². The molecular weight excluding hydrogens is 285 g/mol. The molecule has 0 spiro atoms. The standard InChI is InChI=1S/C8H8INO3/c1-5-3-4-7(9-11)8(6(5)2)10(12)13/h3-4H,1-2H3. The van der Waals surface area contributed by atoms with Crippen LogP contribution in [0.2, 0.25) is 0 Å². The summed E-state index contributed by atoms with van der Waals surface area (Å²) in [6.07, 6.45) is 0. The van der Waals surface area contributed by atoms with Gasteiger partial charge in [-0.15, -0.1) is 0 Å². The summed E-state index contributed by atoms with van der Waals surface area (Å²) in [5.74, 6) is 0. The van der Waals surface area contributed by atoms with Gasteiger partial charge in [0.1, 0.15) is 3.57 Å². The number of hydrogen-bond acceptors (Lipinski definition) is 3. The van der Waals surface area contributed by atoms with Crippen LogP contribution in [0.3, 0.4) is 0 Å². The molecule has 0 aliphatic carbocycles. The summed E-state index contributed by atoms with van der Waals surface area (Å²) in [6, 6.07) is 3.33. The van der Waals surface area contributed by atoms with E-state index in [0.29, 0.717) is 9.13 Å². The van der Waals surface area contributed by atoms with Crippen molar-refractivity contribution in [3.05, 3.63) is 36.9 Å². The van der Waals surface area contributed by atoms with Crippen LogP contribution in [-0.4, -0.2) is 4.92 Å². The first kappa shape index (κ1) is 10.2. The Labute approximate surface area is 85.8 Å². The van der Waals surface area contributed by atoms with E-state index < -0.39 is 26.1 Å². The molecule has 5 heteroatoms. The average molecular weight is 293 g/mol. The average Bonchev–Trinajstić information content (AvgIpc) is 2.08. The first-order valence-electron chi connectivity index (χ1n) is 3.59. The molecule has 1 aromatic rings. The van der Waals surface area contributed by atoms with E-state index in [1.807, 2.05) is 0 Å². The van der Waals surface area contributed by atoms with Gasteiger partial charge in [-0.1, -0.05) is 6.07 Å². The SMILES string of the molecule is Cc1ccc(I=O)c([N+](=O)[O-])c1C. The molecule has 0 aromatic heterocycles. The monoisotopic (exact) mass is 293 g/mol. The predicted octanol–water partition coefficient (Wildman–Crippen LogP) is 2.70. The zero-order valence-corrected chi connectivity index (χ0v) is 9.36. The number of aryl methyl sites for hydroxylation is 1. The van der Waals surface area contributed by atoms with Crippen LogP contribution in [0.4, 0.5) is 5.69 Å². The van der Waals surface area contributed by atoms with Gasteiger partial charge in [-0.05, 0) is 25.5 Å². The minimum Gasteiger partial charge on any atom is -0.265 e. The van der Waals surface area contributed by atoms with Gasteiger partial charge in [0.15, 0.2) is 21.2 Å². The van der Waals surface area contributed by atoms with Crippen molar-refractivity contribution in [2.75, 3.05) is 0 Å². The number of halogens is 1. The minimum atomic E-state index is -1.47. The summed E-state index contributed by atoms with van der Waals surface area (Å²) in [5, 5.41) is 10.6. The van der Waals surface area contributed by atoms with E-state index in [1.54, 1.807) is 26.0 Å². The van der Waals surface area contributed by atoms with Gasteiger partial charge in [0, 0.05) is 5.56 Å². The minimum absolute atomic E-state index is 0.0165. The maximum atomic E-state index is 10.7. The molecule has 70 valence electrons. The Hall–Kier alpha value is -0.850. The van der Waals surface area contributed by atoms with Gasteiger partial charge >= 0.3 is 0 Å². The van der Waals surface area contributed by atoms with Crippen LogP contribution in [0.1, 0.15) is 11.1 Å². The lowest BCUT2D eigenvalue weighted by Crippen LogP contribution is -1.96. The van der Waals surface area contributed by atoms with Crippen LogP contribution in [0.5, 0.6) is 0 Å². The Morgan fingerprint density at radius 2 is 2.00 bits per heavy atom. The van der Waals surface area contributed by atoms with Gasteiger partial charge in [-0.2, -0.15) is 0 Å². The van der Waals surface area contributed by atoms with Gasteiger partial charge in [-0.25, -0.2) is 0 Å². The molecule has 0 aliphatic rings. The molecule has 0 saturated carbocycles. The first-order valence-corrected chi connectivity index (χ1v) is 5.55. The number of hydrogen-bond donors (Lipinski definition) is 0. The molecule has 0 fully saturated rings. The third-order valence-electron chi connectivity index (χ3n) is 1.92. The van der Waals surface area contributed by atoms with Crippen molar-refractivity contribution < 1.29 is 7.99 Å². The van der Waals surface area contributed by atoms with Crippen LogP contribution in [0.25, 0.3) is 0 Å². The second-order valence-electron chi connectivity index (χ2n) is 2.67. The third-order valence-corrected chi connectivity index (χ3v) is 3.26. The molecule has 0 bridgehead atoms. The van der Waals surface area contributed by atoms with Crippen molar-refractivity contribution in [1.82, 2.24) is 0 Å². The lowest BCUT2D eigenvalue weighted by molar-refractivity contribution is -0.386. The van der Waals surface area contributed by atoms with Crippen LogP contribution >= 0.6 is 21.2 Å². The summed E-state index contributed by atoms with van der Waals surface area (Å²) in [6.45, 7) is 3.48. The molecule has 13 heavy (non-hydrogen) atoms. The number of nitrogens with zero attached hydrogens (tertiary/aromatic N) is 1. The van der Waals surface area contributed by atoms with E-state index in [4.69, 9.17) is 0 Å². The van der Waals surface area contributed by atoms with Crippen molar-refractivity contribution in [3.8, 4) is 0 Å². The van der Waals surface area contributed by atoms with Gasteiger partial charge < -0.3 is 0 Å². The topological polar surface area (TPSA) is 60.2 Å². The fraction of sp³-hybridized carbons (Fsp3) is 0.250. The lowest BCUT2D eigenvalue weighted by atomic mass is 10.1. The third kappa shape index (κ3) is 1.90. The van der Waals surface area contributed by atoms with Crippen molar-refractivity contribution in [1.29, 1.82) is 0 Å². The van der Waals surface area contributed by atoms with Crippen LogP contribution in [0.15, 0.2) is 12.1 Å². The number of nitro benzene ring substituents is 1. The molecule has 0 aliphatic heterocycles. The van der Waals surface area contributed by atoms with Crippen LogP contribution in [0, 0.1) is 27.5 Å². The summed E-state index contributed by atoms with van der Waals surface area (Å²) >= 11 is -1.47. The molecule has 1 aromatic carbocycles. The summed E-state index contributed by atoms with van der Waals surface area (Å²) in [7, 11) is 0. The van der Waals surface area contributed by atoms with Gasteiger partial charge in [0.25, 0.3) is 5.69 Å². The van der Waals surface area contributed by atoms with Crippen LogP contribution < -0.4 is 0 Å². The summed E-state index contributed by atoms with van der Waals surface area (Å²) < 4.78 is 11.1. The quantitative estimate of drug-likeness (QED) is 0.478. The number of benzene rings is 1. The molecule has 0 radical (unpaired) electrons. The van der Waals surface area contributed by atoms with Crippen LogP contribution in [-0.2, 0) is 3.07 Å². The summed E-state index contributed by atoms with van der Waals surface area (Å²) in [5.41, 5.74) is 1.48. The number of nitro groups is 1. The normalized spacial score (nSPS) is 10.0. The first-order chi connectivity index (χ1) is 6.07. The van der Waals surface area contributed by atoms with Gasteiger partial charge in [0.05, 0.1) is 4.92 Å². The molecule has 0 heterocycles. The Morgan fingerprint density at radius 1 is 1.38 bits per heavy atom. The highest BCUT2D eigenvalue weighted by Gasteiger charge is 2.18. The lowest BCUT2D eigenvalue weighted by Gasteiger charge is -2.01. The fourth-order valence-corrected chi connectivity index (χ4v) is 2.19. The molecule has 0 saturated heterocycles. The zero-order chi connectivity index (χ0) is 10.0. The molecule has 1 rings (SSSR count). The molecule has 0 unspecified atom stereocenters. The second-order valence-corrected chi connectivity index (χ2v) is 4.27. The highest BCUT2D eigenvalue weighted by atomic mass is 127. The molecular formula is C8H8INO3. The fourth-order valence-electron chi connectivity index (χ4n) is 1.05. The van der Waals surface area contributed by atoms with E-state index >= 15 is 0 Å². The zero-order valence-electron chi connectivity index (χ0n) is 7.20. The molecule has 4 nitrogen and oxygen atoms in total. The van der Waals surface area contributed by atoms with E-state index in [2.05, 4.69) is 0 Å². The maximum absolute atomic E-state index is 10.7. The summed E-state index contributed by atoms with van der Waals surface area (Å²) in [4.78, 5) is 10.2.